The summed E-state index contributed by atoms with van der Waals surface area (Å²) in [4.78, 5) is 0. The smallest absolute Gasteiger partial charge is 0.119 e. The van der Waals surface area contributed by atoms with Crippen LogP contribution in [0.25, 0.3) is 0 Å². The van der Waals surface area contributed by atoms with Crippen LogP contribution in [0.4, 0.5) is 0 Å². The second-order valence-corrected chi connectivity index (χ2v) is 4.35. The molecule has 82 valence electrons. The molecule has 1 aliphatic rings. The second-order valence-electron chi connectivity index (χ2n) is 3.91. The number of rotatable bonds is 3. The van der Waals surface area contributed by atoms with Gasteiger partial charge in [0, 0.05) is 5.02 Å². The van der Waals surface area contributed by atoms with Crippen LogP contribution >= 0.6 is 11.6 Å². The van der Waals surface area contributed by atoms with Crippen LogP contribution in [0.15, 0.2) is 24.3 Å². The van der Waals surface area contributed by atoms with Crippen LogP contribution < -0.4 is 4.74 Å². The van der Waals surface area contributed by atoms with Gasteiger partial charge in [-0.1, -0.05) is 11.6 Å². The Balaban J connectivity index is 1.80. The fraction of sp³-hybridized carbons (Fsp3) is 0.500. The van der Waals surface area contributed by atoms with E-state index in [0.29, 0.717) is 12.7 Å². The molecule has 0 amide bonds. The van der Waals surface area contributed by atoms with Gasteiger partial charge in [0.1, 0.15) is 12.4 Å². The standard InChI is InChI=1S/C12H15ClO2/c1-9-2-5-12(15-9)8-14-11-6-3-10(13)4-7-11/h3-4,6-7,9,12H,2,5,8H2,1H3. The van der Waals surface area contributed by atoms with E-state index in [1.165, 1.54) is 0 Å². The lowest BCUT2D eigenvalue weighted by atomic mass is 10.2. The number of hydrogen-bond acceptors (Lipinski definition) is 2. The molecule has 15 heavy (non-hydrogen) atoms. The Morgan fingerprint density at radius 1 is 1.33 bits per heavy atom. The minimum atomic E-state index is 0.246. The molecular formula is C12H15ClO2. The summed E-state index contributed by atoms with van der Waals surface area (Å²) in [7, 11) is 0. The predicted molar refractivity (Wildman–Crippen MR) is 60.5 cm³/mol. The number of halogens is 1. The highest BCUT2D eigenvalue weighted by Gasteiger charge is 2.21. The maximum absolute atomic E-state index is 5.78. The zero-order chi connectivity index (χ0) is 10.7. The molecule has 0 bridgehead atoms. The van der Waals surface area contributed by atoms with Crippen LogP contribution in [-0.2, 0) is 4.74 Å². The van der Waals surface area contributed by atoms with E-state index < -0.39 is 0 Å². The lowest BCUT2D eigenvalue weighted by Crippen LogP contribution is -2.17. The largest absolute Gasteiger partial charge is 0.491 e. The highest BCUT2D eigenvalue weighted by atomic mass is 35.5. The van der Waals surface area contributed by atoms with E-state index >= 15 is 0 Å². The fourth-order valence-electron chi connectivity index (χ4n) is 1.73. The minimum absolute atomic E-state index is 0.246. The van der Waals surface area contributed by atoms with E-state index in [1.807, 2.05) is 24.3 Å². The Hall–Kier alpha value is -0.730. The highest BCUT2D eigenvalue weighted by Crippen LogP contribution is 2.21. The van der Waals surface area contributed by atoms with Crippen molar-refractivity contribution in [2.75, 3.05) is 6.61 Å². The first kappa shape index (κ1) is 10.8. The molecule has 2 nitrogen and oxygen atoms in total. The van der Waals surface area contributed by atoms with Crippen LogP contribution in [0, 0.1) is 0 Å². The Labute approximate surface area is 95.1 Å². The van der Waals surface area contributed by atoms with E-state index in [2.05, 4.69) is 6.92 Å². The van der Waals surface area contributed by atoms with E-state index in [9.17, 15) is 0 Å². The third-order valence-electron chi connectivity index (χ3n) is 2.57. The van der Waals surface area contributed by atoms with Crippen molar-refractivity contribution in [2.45, 2.75) is 32.0 Å². The van der Waals surface area contributed by atoms with Gasteiger partial charge < -0.3 is 9.47 Å². The van der Waals surface area contributed by atoms with E-state index in [0.717, 1.165) is 23.6 Å². The maximum atomic E-state index is 5.78. The summed E-state index contributed by atoms with van der Waals surface area (Å²) < 4.78 is 11.3. The number of hydrogen-bond donors (Lipinski definition) is 0. The van der Waals surface area contributed by atoms with Crippen molar-refractivity contribution in [1.29, 1.82) is 0 Å². The molecule has 1 aromatic carbocycles. The van der Waals surface area contributed by atoms with Gasteiger partial charge in [-0.05, 0) is 44.0 Å². The van der Waals surface area contributed by atoms with Crippen molar-refractivity contribution in [3.63, 3.8) is 0 Å². The molecule has 0 radical (unpaired) electrons. The van der Waals surface area contributed by atoms with Crippen LogP contribution in [0.2, 0.25) is 5.02 Å². The van der Waals surface area contributed by atoms with E-state index in [4.69, 9.17) is 21.1 Å². The maximum Gasteiger partial charge on any atom is 0.119 e. The van der Waals surface area contributed by atoms with Crippen LogP contribution in [-0.4, -0.2) is 18.8 Å². The van der Waals surface area contributed by atoms with Crippen molar-refractivity contribution in [3.8, 4) is 5.75 Å². The molecule has 0 aromatic heterocycles. The van der Waals surface area contributed by atoms with Gasteiger partial charge in [-0.15, -0.1) is 0 Å². The molecule has 1 saturated heterocycles. The number of benzene rings is 1. The molecule has 3 heteroatoms. The Kier molecular flexibility index (Phi) is 3.49. The lowest BCUT2D eigenvalue weighted by Gasteiger charge is -2.12. The summed E-state index contributed by atoms with van der Waals surface area (Å²) >= 11 is 5.78. The summed E-state index contributed by atoms with van der Waals surface area (Å²) in [6.45, 7) is 2.73. The topological polar surface area (TPSA) is 18.5 Å². The van der Waals surface area contributed by atoms with Crippen LogP contribution in [0.5, 0.6) is 5.75 Å². The molecule has 1 aliphatic heterocycles. The zero-order valence-electron chi connectivity index (χ0n) is 8.78. The Morgan fingerprint density at radius 2 is 2.07 bits per heavy atom. The van der Waals surface area contributed by atoms with E-state index in [1.54, 1.807) is 0 Å². The van der Waals surface area contributed by atoms with Crippen LogP contribution in [0.1, 0.15) is 19.8 Å². The number of ether oxygens (including phenoxy) is 2. The normalized spacial score (nSPS) is 25.5. The fourth-order valence-corrected chi connectivity index (χ4v) is 1.85. The lowest BCUT2D eigenvalue weighted by molar-refractivity contribution is 0.0264. The van der Waals surface area contributed by atoms with Gasteiger partial charge in [-0.2, -0.15) is 0 Å². The predicted octanol–water partition coefficient (Wildman–Crippen LogP) is 3.29. The first-order valence-electron chi connectivity index (χ1n) is 5.28. The second kappa shape index (κ2) is 4.86. The Morgan fingerprint density at radius 3 is 2.67 bits per heavy atom. The molecule has 0 saturated carbocycles. The van der Waals surface area contributed by atoms with Gasteiger partial charge in [0.2, 0.25) is 0 Å². The summed E-state index contributed by atoms with van der Waals surface area (Å²) in [6, 6.07) is 7.41. The van der Waals surface area contributed by atoms with Gasteiger partial charge in [0.25, 0.3) is 0 Å². The molecule has 2 rings (SSSR count). The van der Waals surface area contributed by atoms with Crippen molar-refractivity contribution in [2.24, 2.45) is 0 Å². The quantitative estimate of drug-likeness (QED) is 0.788. The summed E-state index contributed by atoms with van der Waals surface area (Å²) in [5.41, 5.74) is 0. The van der Waals surface area contributed by atoms with Crippen molar-refractivity contribution >= 4 is 11.6 Å². The average Bonchev–Trinajstić information content (AvgIpc) is 2.64. The highest BCUT2D eigenvalue weighted by molar-refractivity contribution is 6.30. The molecule has 0 N–H and O–H groups in total. The third kappa shape index (κ3) is 3.11. The molecule has 0 spiro atoms. The van der Waals surface area contributed by atoms with Gasteiger partial charge >= 0.3 is 0 Å². The first-order valence-corrected chi connectivity index (χ1v) is 5.65. The SMILES string of the molecule is CC1CCC(COc2ccc(Cl)cc2)O1. The van der Waals surface area contributed by atoms with Crippen molar-refractivity contribution in [3.05, 3.63) is 29.3 Å². The summed E-state index contributed by atoms with van der Waals surface area (Å²) in [6.07, 6.45) is 2.85. The van der Waals surface area contributed by atoms with Crippen molar-refractivity contribution in [1.82, 2.24) is 0 Å². The molecule has 0 aliphatic carbocycles. The molecule has 2 unspecified atom stereocenters. The minimum Gasteiger partial charge on any atom is -0.491 e. The van der Waals surface area contributed by atoms with Gasteiger partial charge in [0.05, 0.1) is 12.2 Å². The Bertz CT molecular complexity index is 310. The van der Waals surface area contributed by atoms with Crippen LogP contribution in [0.3, 0.4) is 0 Å². The molecule has 1 aromatic rings. The monoisotopic (exact) mass is 226 g/mol. The summed E-state index contributed by atoms with van der Waals surface area (Å²) in [5, 5.41) is 0.730. The molecule has 1 heterocycles. The van der Waals surface area contributed by atoms with Crippen molar-refractivity contribution < 1.29 is 9.47 Å². The van der Waals surface area contributed by atoms with E-state index in [-0.39, 0.29) is 6.10 Å². The zero-order valence-corrected chi connectivity index (χ0v) is 9.54. The molecular weight excluding hydrogens is 212 g/mol. The summed E-state index contributed by atoms with van der Waals surface area (Å²) in [5.74, 6) is 0.850. The average molecular weight is 227 g/mol. The molecule has 2 atom stereocenters. The third-order valence-corrected chi connectivity index (χ3v) is 2.82. The van der Waals surface area contributed by atoms with Gasteiger partial charge in [-0.3, -0.25) is 0 Å². The van der Waals surface area contributed by atoms with Gasteiger partial charge in [-0.25, -0.2) is 0 Å². The van der Waals surface area contributed by atoms with Gasteiger partial charge in [0.15, 0.2) is 0 Å². The molecule has 1 fully saturated rings. The first-order chi connectivity index (χ1) is 7.24.